The van der Waals surface area contributed by atoms with Crippen LogP contribution in [-0.2, 0) is 0 Å². The lowest BCUT2D eigenvalue weighted by atomic mass is 10.3. The number of hydrogen-bond donors (Lipinski definition) is 1. The molecular formula is C8H12N4S2. The molecule has 0 aliphatic rings. The molecule has 1 atom stereocenters. The normalized spacial score (nSPS) is 12.4. The van der Waals surface area contributed by atoms with Gasteiger partial charge in [0.05, 0.1) is 12.1 Å². The van der Waals surface area contributed by atoms with Crippen molar-refractivity contribution in [3.8, 4) is 6.07 Å². The molecule has 0 spiro atoms. The van der Waals surface area contributed by atoms with Gasteiger partial charge in [-0.05, 0) is 31.9 Å². The molecule has 0 bridgehead atoms. The maximum absolute atomic E-state index is 8.68. The standard InChI is InChI=1S/C8H12N4S2/c1-6-11-8(14-12-6)13-4-3-7(5-9)10-2/h7,10H,3-4H2,1-2H3. The second-order valence-corrected chi connectivity index (χ2v) is 4.81. The highest BCUT2D eigenvalue weighted by Crippen LogP contribution is 2.20. The van der Waals surface area contributed by atoms with Crippen molar-refractivity contribution in [2.75, 3.05) is 12.8 Å². The van der Waals surface area contributed by atoms with Crippen LogP contribution in [0.3, 0.4) is 0 Å². The van der Waals surface area contributed by atoms with Crippen LogP contribution in [0.1, 0.15) is 12.2 Å². The zero-order chi connectivity index (χ0) is 10.4. The molecule has 14 heavy (non-hydrogen) atoms. The Morgan fingerprint density at radius 3 is 3.00 bits per heavy atom. The molecule has 1 N–H and O–H groups in total. The van der Waals surface area contributed by atoms with Crippen LogP contribution in [0.4, 0.5) is 0 Å². The van der Waals surface area contributed by atoms with Gasteiger partial charge >= 0.3 is 0 Å². The fourth-order valence-corrected chi connectivity index (χ4v) is 2.60. The van der Waals surface area contributed by atoms with Gasteiger partial charge in [-0.3, -0.25) is 0 Å². The Morgan fingerprint density at radius 2 is 2.50 bits per heavy atom. The van der Waals surface area contributed by atoms with Gasteiger partial charge in [0.1, 0.15) is 5.82 Å². The maximum Gasteiger partial charge on any atom is 0.170 e. The molecule has 1 rings (SSSR count). The number of aromatic nitrogens is 2. The number of thioether (sulfide) groups is 1. The van der Waals surface area contributed by atoms with Crippen molar-refractivity contribution >= 4 is 23.3 Å². The predicted molar refractivity (Wildman–Crippen MR) is 58.4 cm³/mol. The zero-order valence-electron chi connectivity index (χ0n) is 8.15. The number of nitrogens with one attached hydrogen (secondary N) is 1. The zero-order valence-corrected chi connectivity index (χ0v) is 9.78. The second-order valence-electron chi connectivity index (χ2n) is 2.71. The molecule has 76 valence electrons. The highest BCUT2D eigenvalue weighted by Gasteiger charge is 2.05. The number of nitrogens with zero attached hydrogens (tertiary/aromatic N) is 3. The third-order valence-corrected chi connectivity index (χ3v) is 3.60. The lowest BCUT2D eigenvalue weighted by molar-refractivity contribution is 0.663. The molecular weight excluding hydrogens is 216 g/mol. The topological polar surface area (TPSA) is 61.6 Å². The van der Waals surface area contributed by atoms with Gasteiger partial charge < -0.3 is 5.32 Å². The van der Waals surface area contributed by atoms with E-state index in [4.69, 9.17) is 5.26 Å². The highest BCUT2D eigenvalue weighted by atomic mass is 32.2. The monoisotopic (exact) mass is 228 g/mol. The number of aryl methyl sites for hydroxylation is 1. The Hall–Kier alpha value is -0.640. The summed E-state index contributed by atoms with van der Waals surface area (Å²) in [7, 11) is 1.80. The van der Waals surface area contributed by atoms with E-state index >= 15 is 0 Å². The van der Waals surface area contributed by atoms with E-state index in [2.05, 4.69) is 20.7 Å². The maximum atomic E-state index is 8.68. The molecule has 1 unspecified atom stereocenters. The van der Waals surface area contributed by atoms with Crippen LogP contribution < -0.4 is 5.32 Å². The minimum Gasteiger partial charge on any atom is -0.305 e. The minimum absolute atomic E-state index is 0.0588. The van der Waals surface area contributed by atoms with E-state index in [1.54, 1.807) is 18.8 Å². The van der Waals surface area contributed by atoms with Crippen molar-refractivity contribution in [2.45, 2.75) is 23.7 Å². The van der Waals surface area contributed by atoms with E-state index in [9.17, 15) is 0 Å². The molecule has 1 heterocycles. The molecule has 1 aromatic rings. The van der Waals surface area contributed by atoms with Gasteiger partial charge in [0, 0.05) is 5.75 Å². The summed E-state index contributed by atoms with van der Waals surface area (Å²) in [6, 6.07) is 2.13. The summed E-state index contributed by atoms with van der Waals surface area (Å²) in [6.07, 6.45) is 0.830. The number of nitriles is 1. The molecule has 0 aromatic carbocycles. The van der Waals surface area contributed by atoms with Gasteiger partial charge in [-0.2, -0.15) is 9.64 Å². The fraction of sp³-hybridized carbons (Fsp3) is 0.625. The number of rotatable bonds is 5. The van der Waals surface area contributed by atoms with Gasteiger partial charge in [0.25, 0.3) is 0 Å². The summed E-state index contributed by atoms with van der Waals surface area (Å²) in [4.78, 5) is 4.23. The lowest BCUT2D eigenvalue weighted by Crippen LogP contribution is -2.23. The van der Waals surface area contributed by atoms with Gasteiger partial charge in [-0.15, -0.1) is 0 Å². The minimum atomic E-state index is -0.0588. The summed E-state index contributed by atoms with van der Waals surface area (Å²) >= 11 is 3.07. The third kappa shape index (κ3) is 3.62. The average molecular weight is 228 g/mol. The predicted octanol–water partition coefficient (Wildman–Crippen LogP) is 1.44. The first-order valence-electron chi connectivity index (χ1n) is 4.26. The Bertz CT molecular complexity index is 317. The Kier molecular flexibility index (Phi) is 4.87. The van der Waals surface area contributed by atoms with Gasteiger partial charge in [-0.25, -0.2) is 4.98 Å². The van der Waals surface area contributed by atoms with E-state index in [1.165, 1.54) is 11.5 Å². The van der Waals surface area contributed by atoms with Crippen LogP contribution in [-0.4, -0.2) is 28.2 Å². The lowest BCUT2D eigenvalue weighted by Gasteiger charge is -2.04. The molecule has 4 nitrogen and oxygen atoms in total. The summed E-state index contributed by atoms with van der Waals surface area (Å²) in [6.45, 7) is 1.88. The Morgan fingerprint density at radius 1 is 1.71 bits per heavy atom. The second kappa shape index (κ2) is 5.96. The fourth-order valence-electron chi connectivity index (χ4n) is 0.874. The SMILES string of the molecule is CNC(C#N)CCSc1nc(C)ns1. The van der Waals surface area contributed by atoms with E-state index in [0.29, 0.717) is 0 Å². The van der Waals surface area contributed by atoms with Crippen LogP contribution >= 0.6 is 23.3 Å². The van der Waals surface area contributed by atoms with E-state index in [0.717, 1.165) is 22.3 Å². The molecule has 0 aliphatic heterocycles. The van der Waals surface area contributed by atoms with Crippen LogP contribution in [0.25, 0.3) is 0 Å². The van der Waals surface area contributed by atoms with Crippen molar-refractivity contribution in [3.63, 3.8) is 0 Å². The molecule has 0 fully saturated rings. The molecule has 6 heteroatoms. The van der Waals surface area contributed by atoms with E-state index in [1.807, 2.05) is 6.92 Å². The molecule has 0 saturated heterocycles. The van der Waals surface area contributed by atoms with Crippen LogP contribution in [0, 0.1) is 18.3 Å². The first-order valence-corrected chi connectivity index (χ1v) is 6.02. The Labute approximate surface area is 91.9 Å². The van der Waals surface area contributed by atoms with E-state index < -0.39 is 0 Å². The quantitative estimate of drug-likeness (QED) is 0.773. The first kappa shape index (κ1) is 11.4. The smallest absolute Gasteiger partial charge is 0.170 e. The van der Waals surface area contributed by atoms with Gasteiger partial charge in [-0.1, -0.05) is 11.8 Å². The van der Waals surface area contributed by atoms with Gasteiger partial charge in [0.15, 0.2) is 4.34 Å². The van der Waals surface area contributed by atoms with Crippen molar-refractivity contribution in [3.05, 3.63) is 5.82 Å². The third-order valence-electron chi connectivity index (χ3n) is 1.65. The van der Waals surface area contributed by atoms with Crippen LogP contribution in [0.2, 0.25) is 0 Å². The largest absolute Gasteiger partial charge is 0.305 e. The number of hydrogen-bond acceptors (Lipinski definition) is 6. The summed E-state index contributed by atoms with van der Waals surface area (Å²) in [5, 5.41) is 11.6. The van der Waals surface area contributed by atoms with Crippen molar-refractivity contribution in [1.82, 2.24) is 14.7 Å². The van der Waals surface area contributed by atoms with Crippen LogP contribution in [0.5, 0.6) is 0 Å². The summed E-state index contributed by atoms with van der Waals surface area (Å²) < 4.78 is 5.07. The summed E-state index contributed by atoms with van der Waals surface area (Å²) in [5.74, 6) is 1.72. The molecule has 0 saturated carbocycles. The molecule has 0 amide bonds. The Balaban J connectivity index is 2.25. The van der Waals surface area contributed by atoms with Crippen molar-refractivity contribution < 1.29 is 0 Å². The van der Waals surface area contributed by atoms with Gasteiger partial charge in [0.2, 0.25) is 0 Å². The van der Waals surface area contributed by atoms with Crippen LogP contribution in [0.15, 0.2) is 4.34 Å². The molecule has 0 radical (unpaired) electrons. The van der Waals surface area contributed by atoms with Crippen molar-refractivity contribution in [1.29, 1.82) is 5.26 Å². The highest BCUT2D eigenvalue weighted by molar-refractivity contribution is 8.00. The van der Waals surface area contributed by atoms with Crippen molar-refractivity contribution in [2.24, 2.45) is 0 Å². The average Bonchev–Trinajstić information content (AvgIpc) is 2.59. The summed E-state index contributed by atoms with van der Waals surface area (Å²) in [5.41, 5.74) is 0. The molecule has 0 aliphatic carbocycles. The first-order chi connectivity index (χ1) is 6.76. The van der Waals surface area contributed by atoms with E-state index in [-0.39, 0.29) is 6.04 Å². The molecule has 1 aromatic heterocycles.